The van der Waals surface area contributed by atoms with Crippen molar-refractivity contribution in [1.82, 2.24) is 0 Å². The summed E-state index contributed by atoms with van der Waals surface area (Å²) < 4.78 is 0. The van der Waals surface area contributed by atoms with Gasteiger partial charge >= 0.3 is 0 Å². The zero-order valence-electron chi connectivity index (χ0n) is 20.4. The molecule has 2 heterocycles. The van der Waals surface area contributed by atoms with Crippen molar-refractivity contribution in [2.24, 2.45) is 5.41 Å². The topological polar surface area (TPSA) is 54.5 Å². The molecule has 3 aliphatic rings. The number of carbonyl (C=O) groups is 3. The average Bonchev–Trinajstić information content (AvgIpc) is 3.30. The normalized spacial score (nSPS) is 23.2. The smallest absolute Gasteiger partial charge is 0.180 e. The molecule has 3 aromatic rings. The van der Waals surface area contributed by atoms with E-state index in [0.29, 0.717) is 22.1 Å². The van der Waals surface area contributed by atoms with E-state index in [9.17, 15) is 14.4 Å². The summed E-state index contributed by atoms with van der Waals surface area (Å²) in [6.45, 7) is 5.80. The number of hydrogen-bond donors (Lipinski definition) is 0. The molecule has 2 aliphatic heterocycles. The minimum absolute atomic E-state index is 0.0810. The first-order valence-electron chi connectivity index (χ1n) is 12.3. The van der Waals surface area contributed by atoms with Gasteiger partial charge in [0.25, 0.3) is 0 Å². The van der Waals surface area contributed by atoms with Crippen LogP contribution in [0.3, 0.4) is 0 Å². The van der Waals surface area contributed by atoms with Crippen LogP contribution in [-0.2, 0) is 4.79 Å². The van der Waals surface area contributed by atoms with Gasteiger partial charge in [0, 0.05) is 27.8 Å². The fourth-order valence-electron chi connectivity index (χ4n) is 6.56. The van der Waals surface area contributed by atoms with Crippen LogP contribution in [0.5, 0.6) is 0 Å². The first-order chi connectivity index (χ1) is 17.3. The maximum atomic E-state index is 14.4. The van der Waals surface area contributed by atoms with Crippen LogP contribution < -0.4 is 4.90 Å². The number of Topliss-reactive ketones (excluding diaryl/α,β-unsaturated/α-hetero) is 3. The van der Waals surface area contributed by atoms with Gasteiger partial charge in [0.2, 0.25) is 0 Å². The molecule has 1 saturated heterocycles. The highest BCUT2D eigenvalue weighted by atomic mass is 35.5. The van der Waals surface area contributed by atoms with Crippen molar-refractivity contribution in [3.05, 3.63) is 106 Å². The Morgan fingerprint density at radius 2 is 1.58 bits per heavy atom. The Morgan fingerprint density at radius 3 is 2.17 bits per heavy atom. The number of fused-ring (bicyclic) bond motifs is 5. The third-order valence-corrected chi connectivity index (χ3v) is 8.38. The van der Waals surface area contributed by atoms with E-state index in [-0.39, 0.29) is 17.3 Å². The molecule has 0 unspecified atom stereocenters. The predicted octanol–water partition coefficient (Wildman–Crippen LogP) is 6.49. The lowest BCUT2D eigenvalue weighted by atomic mass is 9.64. The molecule has 0 radical (unpaired) electrons. The predicted molar refractivity (Wildman–Crippen MR) is 142 cm³/mol. The zero-order chi connectivity index (χ0) is 25.4. The van der Waals surface area contributed by atoms with Crippen LogP contribution in [-0.4, -0.2) is 29.4 Å². The second kappa shape index (κ2) is 8.01. The quantitative estimate of drug-likeness (QED) is 0.390. The van der Waals surface area contributed by atoms with Crippen LogP contribution in [0.2, 0.25) is 5.02 Å². The Labute approximate surface area is 215 Å². The molecule has 0 aromatic heterocycles. The summed E-state index contributed by atoms with van der Waals surface area (Å²) in [5.41, 5.74) is 3.10. The molecule has 1 fully saturated rings. The number of anilines is 1. The Morgan fingerprint density at radius 1 is 0.944 bits per heavy atom. The highest BCUT2D eigenvalue weighted by Crippen LogP contribution is 2.60. The van der Waals surface area contributed by atoms with Gasteiger partial charge in [0.1, 0.15) is 5.41 Å². The first kappa shape index (κ1) is 22.9. The SMILES string of the molecule is CC(=O)[C@H]1[C@H](c2ccc(C(C)C)cc2)C2(C(=O)c3ccccc3C2=O)[C@H]2C=Cc3cc(Cl)ccc3N12. The highest BCUT2D eigenvalue weighted by Gasteiger charge is 2.71. The third-order valence-electron chi connectivity index (χ3n) is 8.14. The Hall–Kier alpha value is -3.50. The van der Waals surface area contributed by atoms with E-state index in [4.69, 9.17) is 11.6 Å². The van der Waals surface area contributed by atoms with Crippen LogP contribution in [0.4, 0.5) is 5.69 Å². The van der Waals surface area contributed by atoms with Gasteiger partial charge in [-0.25, -0.2) is 0 Å². The van der Waals surface area contributed by atoms with Crippen LogP contribution >= 0.6 is 11.6 Å². The van der Waals surface area contributed by atoms with Crippen LogP contribution in [0.1, 0.15) is 70.0 Å². The van der Waals surface area contributed by atoms with E-state index in [1.165, 1.54) is 0 Å². The van der Waals surface area contributed by atoms with Crippen molar-refractivity contribution < 1.29 is 14.4 Å². The molecule has 0 N–H and O–H groups in total. The van der Waals surface area contributed by atoms with Crippen molar-refractivity contribution in [3.8, 4) is 0 Å². The zero-order valence-corrected chi connectivity index (χ0v) is 21.1. The van der Waals surface area contributed by atoms with Crippen LogP contribution in [0, 0.1) is 5.41 Å². The maximum Gasteiger partial charge on any atom is 0.180 e. The summed E-state index contributed by atoms with van der Waals surface area (Å²) in [6, 6.07) is 19.4. The number of hydrogen-bond acceptors (Lipinski definition) is 4. The Kier molecular flexibility index (Phi) is 5.10. The van der Waals surface area contributed by atoms with E-state index >= 15 is 0 Å². The van der Waals surface area contributed by atoms with Crippen LogP contribution in [0.15, 0.2) is 72.8 Å². The maximum absolute atomic E-state index is 14.4. The molecule has 0 amide bonds. The number of rotatable bonds is 3. The molecule has 36 heavy (non-hydrogen) atoms. The Balaban J connectivity index is 1.65. The molecule has 1 spiro atoms. The number of carbonyl (C=O) groups excluding carboxylic acids is 3. The fraction of sp³-hybridized carbons (Fsp3) is 0.258. The first-order valence-corrected chi connectivity index (χ1v) is 12.7. The molecule has 0 bridgehead atoms. The monoisotopic (exact) mass is 495 g/mol. The lowest BCUT2D eigenvalue weighted by Crippen LogP contribution is -2.48. The molecular weight excluding hydrogens is 470 g/mol. The largest absolute Gasteiger partial charge is 0.352 e. The third kappa shape index (κ3) is 2.91. The molecule has 1 aliphatic carbocycles. The van der Waals surface area contributed by atoms with E-state index in [1.54, 1.807) is 37.3 Å². The minimum Gasteiger partial charge on any atom is -0.352 e. The number of ketones is 3. The highest BCUT2D eigenvalue weighted by molar-refractivity contribution is 6.32. The van der Waals surface area contributed by atoms with E-state index < -0.39 is 23.4 Å². The van der Waals surface area contributed by atoms with Crippen molar-refractivity contribution in [2.45, 2.75) is 44.7 Å². The number of halogens is 1. The lowest BCUT2D eigenvalue weighted by Gasteiger charge is -2.37. The summed E-state index contributed by atoms with van der Waals surface area (Å²) in [5.74, 6) is -0.795. The van der Waals surface area contributed by atoms with Crippen LogP contribution in [0.25, 0.3) is 6.08 Å². The summed E-state index contributed by atoms with van der Waals surface area (Å²) >= 11 is 6.28. The van der Waals surface area contributed by atoms with Crippen molar-refractivity contribution in [1.29, 1.82) is 0 Å². The molecule has 180 valence electrons. The van der Waals surface area contributed by atoms with Crippen molar-refractivity contribution in [3.63, 3.8) is 0 Å². The summed E-state index contributed by atoms with van der Waals surface area (Å²) in [5, 5.41) is 0.589. The van der Waals surface area contributed by atoms with E-state index in [2.05, 4.69) is 13.8 Å². The number of benzene rings is 3. The van der Waals surface area contributed by atoms with E-state index in [0.717, 1.165) is 22.4 Å². The van der Waals surface area contributed by atoms with Gasteiger partial charge in [-0.2, -0.15) is 0 Å². The second-order valence-electron chi connectivity index (χ2n) is 10.3. The molecule has 3 aromatic carbocycles. The fourth-order valence-corrected chi connectivity index (χ4v) is 6.74. The minimum atomic E-state index is -1.44. The van der Waals surface area contributed by atoms with Crippen molar-refractivity contribution in [2.75, 3.05) is 4.90 Å². The summed E-state index contributed by atoms with van der Waals surface area (Å²) in [7, 11) is 0. The summed E-state index contributed by atoms with van der Waals surface area (Å²) in [6.07, 6.45) is 3.84. The molecule has 3 atom stereocenters. The van der Waals surface area contributed by atoms with Gasteiger partial charge in [0.05, 0.1) is 12.1 Å². The van der Waals surface area contributed by atoms with Gasteiger partial charge < -0.3 is 4.90 Å². The van der Waals surface area contributed by atoms with Gasteiger partial charge in [-0.3, -0.25) is 14.4 Å². The summed E-state index contributed by atoms with van der Waals surface area (Å²) in [4.78, 5) is 44.2. The average molecular weight is 496 g/mol. The lowest BCUT2D eigenvalue weighted by molar-refractivity contribution is -0.118. The number of nitrogens with zero attached hydrogens (tertiary/aromatic N) is 1. The van der Waals surface area contributed by atoms with Gasteiger partial charge in [-0.15, -0.1) is 0 Å². The molecule has 6 rings (SSSR count). The standard InChI is InChI=1S/C31H26ClNO3/c1-17(2)19-8-10-20(11-9-19)27-28(18(3)34)33-25-14-13-22(32)16-21(25)12-15-26(33)31(27)29(35)23-6-4-5-7-24(23)30(31)36/h4-17,26-28H,1-3H3/t26-,27+,28+/m1/s1. The molecule has 0 saturated carbocycles. The van der Waals surface area contributed by atoms with E-state index in [1.807, 2.05) is 53.5 Å². The molecular formula is C31H26ClNO3. The van der Waals surface area contributed by atoms with Gasteiger partial charge in [-0.1, -0.05) is 86.1 Å². The molecule has 4 nitrogen and oxygen atoms in total. The second-order valence-corrected chi connectivity index (χ2v) is 10.8. The van der Waals surface area contributed by atoms with Gasteiger partial charge in [0.15, 0.2) is 17.3 Å². The van der Waals surface area contributed by atoms with Crippen molar-refractivity contribution >= 4 is 40.7 Å². The Bertz CT molecular complexity index is 1430. The van der Waals surface area contributed by atoms with Gasteiger partial charge in [-0.05, 0) is 47.7 Å². The molecule has 5 heteroatoms.